The fourth-order valence-electron chi connectivity index (χ4n) is 2.07. The Balaban J connectivity index is 2.64. The van der Waals surface area contributed by atoms with E-state index in [1.165, 1.54) is 22.3 Å². The molecule has 2 aromatic rings. The maximum Gasteiger partial charge on any atom is 0.0487 e. The van der Waals surface area contributed by atoms with E-state index < -0.39 is 0 Å². The standard InChI is InChI=1S/C16H18ClN/c1-10-4-5-13(9-18)8-14(10)15-6-11(2)12(3)7-16(15)17/h4-8H,9,18H2,1-3H3. The Bertz CT molecular complexity index is 588. The molecule has 0 bridgehead atoms. The Labute approximate surface area is 114 Å². The molecule has 0 saturated heterocycles. The number of nitrogens with two attached hydrogens (primary N) is 1. The summed E-state index contributed by atoms with van der Waals surface area (Å²) in [6.45, 7) is 6.84. The number of rotatable bonds is 2. The minimum absolute atomic E-state index is 0.551. The lowest BCUT2D eigenvalue weighted by molar-refractivity contribution is 1.07. The predicted molar refractivity (Wildman–Crippen MR) is 79.0 cm³/mol. The molecule has 0 unspecified atom stereocenters. The number of aryl methyl sites for hydroxylation is 3. The molecule has 0 spiro atoms. The van der Waals surface area contributed by atoms with Crippen molar-refractivity contribution in [2.45, 2.75) is 27.3 Å². The summed E-state index contributed by atoms with van der Waals surface area (Å²) < 4.78 is 0. The molecule has 2 rings (SSSR count). The van der Waals surface area contributed by atoms with Crippen molar-refractivity contribution in [2.75, 3.05) is 0 Å². The maximum absolute atomic E-state index is 6.37. The molecule has 0 saturated carbocycles. The fourth-order valence-corrected chi connectivity index (χ4v) is 2.39. The summed E-state index contributed by atoms with van der Waals surface area (Å²) in [4.78, 5) is 0. The van der Waals surface area contributed by atoms with Crippen LogP contribution < -0.4 is 5.73 Å². The summed E-state index contributed by atoms with van der Waals surface area (Å²) in [6, 6.07) is 10.5. The van der Waals surface area contributed by atoms with Crippen LogP contribution in [0.2, 0.25) is 5.02 Å². The molecule has 18 heavy (non-hydrogen) atoms. The Morgan fingerprint density at radius 3 is 2.22 bits per heavy atom. The van der Waals surface area contributed by atoms with Crippen LogP contribution in [0.15, 0.2) is 30.3 Å². The van der Waals surface area contributed by atoms with Gasteiger partial charge in [0.2, 0.25) is 0 Å². The predicted octanol–water partition coefficient (Wildman–Crippen LogP) is 4.39. The van der Waals surface area contributed by atoms with E-state index in [4.69, 9.17) is 17.3 Å². The SMILES string of the molecule is Cc1cc(Cl)c(-c2cc(CN)ccc2C)cc1C. The molecule has 2 N–H and O–H groups in total. The van der Waals surface area contributed by atoms with Gasteiger partial charge in [-0.05, 0) is 66.8 Å². The van der Waals surface area contributed by atoms with Crippen molar-refractivity contribution in [3.05, 3.63) is 57.6 Å². The van der Waals surface area contributed by atoms with Gasteiger partial charge in [0, 0.05) is 17.1 Å². The highest BCUT2D eigenvalue weighted by Gasteiger charge is 2.09. The van der Waals surface area contributed by atoms with E-state index >= 15 is 0 Å². The van der Waals surface area contributed by atoms with Crippen molar-refractivity contribution in [2.24, 2.45) is 5.73 Å². The van der Waals surface area contributed by atoms with E-state index in [1.54, 1.807) is 0 Å². The zero-order chi connectivity index (χ0) is 13.3. The van der Waals surface area contributed by atoms with Gasteiger partial charge in [0.25, 0.3) is 0 Å². The molecule has 0 aliphatic rings. The van der Waals surface area contributed by atoms with Crippen molar-refractivity contribution < 1.29 is 0 Å². The molecule has 2 aromatic carbocycles. The molecule has 0 aromatic heterocycles. The first-order chi connectivity index (χ1) is 8.52. The van der Waals surface area contributed by atoms with Crippen LogP contribution in [0.25, 0.3) is 11.1 Å². The Kier molecular flexibility index (Phi) is 3.74. The van der Waals surface area contributed by atoms with Gasteiger partial charge in [-0.25, -0.2) is 0 Å². The summed E-state index contributed by atoms with van der Waals surface area (Å²) in [6.07, 6.45) is 0. The third-order valence-corrected chi connectivity index (χ3v) is 3.72. The highest BCUT2D eigenvalue weighted by molar-refractivity contribution is 6.33. The van der Waals surface area contributed by atoms with Crippen molar-refractivity contribution in [1.82, 2.24) is 0 Å². The number of hydrogen-bond acceptors (Lipinski definition) is 1. The number of hydrogen-bond donors (Lipinski definition) is 1. The average Bonchev–Trinajstić information content (AvgIpc) is 2.35. The van der Waals surface area contributed by atoms with Gasteiger partial charge in [-0.3, -0.25) is 0 Å². The molecule has 1 nitrogen and oxygen atoms in total. The van der Waals surface area contributed by atoms with Crippen LogP contribution in [0.3, 0.4) is 0 Å². The van der Waals surface area contributed by atoms with Crippen molar-refractivity contribution in [1.29, 1.82) is 0 Å². The molecule has 0 aliphatic carbocycles. The van der Waals surface area contributed by atoms with Crippen molar-refractivity contribution in [3.63, 3.8) is 0 Å². The summed E-state index contributed by atoms with van der Waals surface area (Å²) >= 11 is 6.37. The van der Waals surface area contributed by atoms with Crippen LogP contribution in [-0.2, 0) is 6.54 Å². The van der Waals surface area contributed by atoms with Crippen LogP contribution in [0, 0.1) is 20.8 Å². The van der Waals surface area contributed by atoms with Crippen molar-refractivity contribution in [3.8, 4) is 11.1 Å². The molecular weight excluding hydrogens is 242 g/mol. The van der Waals surface area contributed by atoms with Gasteiger partial charge in [-0.1, -0.05) is 23.7 Å². The highest BCUT2D eigenvalue weighted by Crippen LogP contribution is 2.33. The van der Waals surface area contributed by atoms with Gasteiger partial charge < -0.3 is 5.73 Å². The van der Waals surface area contributed by atoms with E-state index in [9.17, 15) is 0 Å². The van der Waals surface area contributed by atoms with E-state index in [-0.39, 0.29) is 0 Å². The Morgan fingerprint density at radius 1 is 0.889 bits per heavy atom. The minimum Gasteiger partial charge on any atom is -0.326 e. The van der Waals surface area contributed by atoms with E-state index in [2.05, 4.69) is 45.0 Å². The Hall–Kier alpha value is -1.31. The van der Waals surface area contributed by atoms with E-state index in [0.717, 1.165) is 16.1 Å². The first-order valence-electron chi connectivity index (χ1n) is 6.09. The summed E-state index contributed by atoms with van der Waals surface area (Å²) in [5.74, 6) is 0. The lowest BCUT2D eigenvalue weighted by Gasteiger charge is -2.12. The van der Waals surface area contributed by atoms with Crippen LogP contribution in [0.1, 0.15) is 22.3 Å². The van der Waals surface area contributed by atoms with Crippen LogP contribution in [-0.4, -0.2) is 0 Å². The second-order valence-electron chi connectivity index (χ2n) is 4.77. The molecule has 0 amide bonds. The lowest BCUT2D eigenvalue weighted by atomic mass is 9.95. The normalized spacial score (nSPS) is 10.7. The summed E-state index contributed by atoms with van der Waals surface area (Å²) in [5, 5.41) is 0.801. The molecule has 94 valence electrons. The zero-order valence-corrected chi connectivity index (χ0v) is 11.8. The number of halogens is 1. The van der Waals surface area contributed by atoms with Gasteiger partial charge in [-0.2, -0.15) is 0 Å². The van der Waals surface area contributed by atoms with Gasteiger partial charge in [0.1, 0.15) is 0 Å². The van der Waals surface area contributed by atoms with E-state index in [0.29, 0.717) is 6.54 Å². The first kappa shape index (κ1) is 13.1. The minimum atomic E-state index is 0.551. The molecule has 0 aliphatic heterocycles. The van der Waals surface area contributed by atoms with Gasteiger partial charge >= 0.3 is 0 Å². The largest absolute Gasteiger partial charge is 0.326 e. The first-order valence-corrected chi connectivity index (χ1v) is 6.47. The van der Waals surface area contributed by atoms with Crippen LogP contribution >= 0.6 is 11.6 Å². The quantitative estimate of drug-likeness (QED) is 0.850. The van der Waals surface area contributed by atoms with Gasteiger partial charge in [-0.15, -0.1) is 0 Å². The third kappa shape index (κ3) is 2.43. The van der Waals surface area contributed by atoms with Crippen LogP contribution in [0.5, 0.6) is 0 Å². The second kappa shape index (κ2) is 5.13. The smallest absolute Gasteiger partial charge is 0.0487 e. The molecule has 0 fully saturated rings. The highest BCUT2D eigenvalue weighted by atomic mass is 35.5. The molecule has 0 heterocycles. The van der Waals surface area contributed by atoms with Gasteiger partial charge in [0.15, 0.2) is 0 Å². The lowest BCUT2D eigenvalue weighted by Crippen LogP contribution is -1.97. The Morgan fingerprint density at radius 2 is 1.56 bits per heavy atom. The average molecular weight is 260 g/mol. The topological polar surface area (TPSA) is 26.0 Å². The van der Waals surface area contributed by atoms with Gasteiger partial charge in [0.05, 0.1) is 0 Å². The fraction of sp³-hybridized carbons (Fsp3) is 0.250. The maximum atomic E-state index is 6.37. The number of benzene rings is 2. The summed E-state index contributed by atoms with van der Waals surface area (Å²) in [5.41, 5.74) is 12.8. The second-order valence-corrected chi connectivity index (χ2v) is 5.18. The molecule has 0 radical (unpaired) electrons. The van der Waals surface area contributed by atoms with Crippen LogP contribution in [0.4, 0.5) is 0 Å². The monoisotopic (exact) mass is 259 g/mol. The third-order valence-electron chi connectivity index (χ3n) is 3.41. The molecule has 2 heteroatoms. The molecular formula is C16H18ClN. The van der Waals surface area contributed by atoms with E-state index in [1.807, 2.05) is 6.07 Å². The zero-order valence-electron chi connectivity index (χ0n) is 11.0. The van der Waals surface area contributed by atoms with Crippen molar-refractivity contribution >= 4 is 11.6 Å². The summed E-state index contributed by atoms with van der Waals surface area (Å²) in [7, 11) is 0. The molecule has 0 atom stereocenters.